The van der Waals surface area contributed by atoms with Gasteiger partial charge in [0.25, 0.3) is 5.91 Å². The second kappa shape index (κ2) is 37.6. The summed E-state index contributed by atoms with van der Waals surface area (Å²) in [5.41, 5.74) is 28.2. The van der Waals surface area contributed by atoms with Gasteiger partial charge in [-0.3, -0.25) is 28.8 Å². The highest BCUT2D eigenvalue weighted by atomic mass is 16.3. The number of carbonyl (C=O) groups excluding carboxylic acids is 7. The third kappa shape index (κ3) is 27.7. The Morgan fingerprint density at radius 1 is 0.632 bits per heavy atom. The van der Waals surface area contributed by atoms with Crippen LogP contribution in [-0.4, -0.2) is 217 Å². The maximum atomic E-state index is 13.4. The first kappa shape index (κ1) is 63.8. The van der Waals surface area contributed by atoms with Gasteiger partial charge in [-0.2, -0.15) is 0 Å². The van der Waals surface area contributed by atoms with Crippen LogP contribution in [0.3, 0.4) is 0 Å². The van der Waals surface area contributed by atoms with E-state index in [0.717, 1.165) is 30.8 Å². The number of nitrogens with two attached hydrogens (primary N) is 5. The Morgan fingerprint density at radius 2 is 1.25 bits per heavy atom. The highest BCUT2D eigenvalue weighted by molar-refractivity contribution is 5.95. The number of hydrogen-bond donors (Lipinski definition) is 19. The van der Waals surface area contributed by atoms with Gasteiger partial charge in [-0.25, -0.2) is 4.79 Å². The summed E-state index contributed by atoms with van der Waals surface area (Å²) in [6.07, 6.45) is -5.29. The minimum atomic E-state index is -2.05. The van der Waals surface area contributed by atoms with Gasteiger partial charge in [-0.15, -0.1) is 0 Å². The van der Waals surface area contributed by atoms with Crippen molar-refractivity contribution in [3.05, 3.63) is 0 Å². The van der Waals surface area contributed by atoms with Crippen molar-refractivity contribution < 1.29 is 64.2 Å². The summed E-state index contributed by atoms with van der Waals surface area (Å²) in [6, 6.07) is -6.86. The Balaban J connectivity index is 5.26. The average molecular weight is 981 g/mol. The van der Waals surface area contributed by atoms with E-state index in [9.17, 15) is 64.2 Å². The van der Waals surface area contributed by atoms with E-state index < -0.39 is 148 Å². The molecule has 0 saturated heterocycles. The summed E-state index contributed by atoms with van der Waals surface area (Å²) in [5, 5.41) is 83.0. The number of Topliss-reactive ketones (excluding diaryl/α,β-unsaturated/α-hetero) is 1. The number of amides is 7. The van der Waals surface area contributed by atoms with Gasteiger partial charge in [0.05, 0.1) is 56.8 Å². The largest absolute Gasteiger partial charge is 0.394 e. The number of nitrogens with zero attached hydrogens (tertiary/aromatic N) is 1. The van der Waals surface area contributed by atoms with Gasteiger partial charge in [-0.1, -0.05) is 6.42 Å². The first-order valence-corrected chi connectivity index (χ1v) is 23.2. The highest BCUT2D eigenvalue weighted by Gasteiger charge is 2.33. The molecule has 0 aliphatic heterocycles. The standard InChI is InChI=1S/C41H84N14O13/c1-25(51-40(67)36(63)34(61)19-32(59)28(46)9-3-4-11-42)37(64)53-30(20-45)39(66)52-29(10-7-12-43)38(65)54-31(23-56)33(60)18-26(57)17-27(58)22-55(24-47-2)35(62)21-50-41(68)49-16-6-5-14-48-15-8-13-44/h25-26,28-34,36,47-48,56-57,59-61,63H,3-24,42-46H2,1-2H3,(H,51,67)(H,52,66)(H,53,64)(H,54,65)(H2,49,50,68)/t25-,26+,28-,29-,30+,31+,32+,33+,34+,36-/m1/s1. The van der Waals surface area contributed by atoms with Crippen LogP contribution in [0.25, 0.3) is 0 Å². The number of rotatable bonds is 40. The molecule has 0 fully saturated rings. The van der Waals surface area contributed by atoms with E-state index in [1.165, 1.54) is 6.92 Å². The number of urea groups is 1. The molecule has 0 saturated carbocycles. The number of nitrogens with one attached hydrogen (secondary N) is 8. The Bertz CT molecular complexity index is 1470. The van der Waals surface area contributed by atoms with Crippen LogP contribution in [0.1, 0.15) is 77.6 Å². The summed E-state index contributed by atoms with van der Waals surface area (Å²) < 4.78 is 0. The molecular weight excluding hydrogens is 897 g/mol. The summed E-state index contributed by atoms with van der Waals surface area (Å²) in [4.78, 5) is 91.3. The Labute approximate surface area is 398 Å². The third-order valence-electron chi connectivity index (χ3n) is 10.6. The first-order chi connectivity index (χ1) is 32.3. The van der Waals surface area contributed by atoms with Crippen molar-refractivity contribution in [3.8, 4) is 0 Å². The minimum absolute atomic E-state index is 0.0408. The molecule has 0 spiro atoms. The van der Waals surface area contributed by atoms with E-state index in [1.54, 1.807) is 7.05 Å². The average Bonchev–Trinajstić information content (AvgIpc) is 3.30. The fourth-order valence-electron chi connectivity index (χ4n) is 6.49. The summed E-state index contributed by atoms with van der Waals surface area (Å²) in [6.45, 7) is 2.12. The van der Waals surface area contributed by atoms with E-state index in [1.807, 2.05) is 0 Å². The van der Waals surface area contributed by atoms with Crippen molar-refractivity contribution in [1.29, 1.82) is 0 Å². The fourth-order valence-corrected chi connectivity index (χ4v) is 6.49. The maximum absolute atomic E-state index is 13.4. The molecule has 0 aromatic heterocycles. The van der Waals surface area contributed by atoms with E-state index in [-0.39, 0.29) is 26.1 Å². The molecule has 7 amide bonds. The van der Waals surface area contributed by atoms with Crippen LogP contribution in [0.2, 0.25) is 0 Å². The monoisotopic (exact) mass is 981 g/mol. The van der Waals surface area contributed by atoms with Crippen LogP contribution < -0.4 is 71.2 Å². The second-order valence-corrected chi connectivity index (χ2v) is 16.6. The zero-order valence-electron chi connectivity index (χ0n) is 39.7. The van der Waals surface area contributed by atoms with Gasteiger partial charge in [0.1, 0.15) is 18.1 Å². The van der Waals surface area contributed by atoms with Crippen LogP contribution in [0.5, 0.6) is 0 Å². The number of carbonyl (C=O) groups is 7. The number of aliphatic hydroxyl groups excluding tert-OH is 6. The molecule has 10 atom stereocenters. The molecule has 0 unspecified atom stereocenters. The van der Waals surface area contributed by atoms with Gasteiger partial charge >= 0.3 is 6.03 Å². The van der Waals surface area contributed by atoms with Crippen LogP contribution in [0.4, 0.5) is 4.79 Å². The molecule has 68 heavy (non-hydrogen) atoms. The molecular formula is C41H84N14O13. The lowest BCUT2D eigenvalue weighted by Crippen LogP contribution is -2.60. The number of ketones is 1. The van der Waals surface area contributed by atoms with Gasteiger partial charge in [-0.05, 0) is 91.6 Å². The topological polar surface area (TPSA) is 470 Å². The summed E-state index contributed by atoms with van der Waals surface area (Å²) in [7, 11) is 1.54. The molecule has 27 nitrogen and oxygen atoms in total. The Kier molecular flexibility index (Phi) is 35.3. The second-order valence-electron chi connectivity index (χ2n) is 16.6. The smallest absolute Gasteiger partial charge is 0.315 e. The SMILES string of the molecule is CNCN(CC(=O)C[C@H](O)C[C@H](O)[C@H](CO)NC(=O)[C@@H](CCCN)NC(=O)[C@H](CN)NC(=O)[C@@H](C)NC(=O)[C@H](O)[C@@H](O)C[C@H](O)[C@H](N)CCCCN)C(=O)CNC(=O)NCCCCNCCCN. The van der Waals surface area contributed by atoms with Crippen LogP contribution >= 0.6 is 0 Å². The van der Waals surface area contributed by atoms with Crippen LogP contribution in [-0.2, 0) is 28.8 Å². The van der Waals surface area contributed by atoms with Crippen molar-refractivity contribution in [2.75, 3.05) is 79.2 Å². The number of unbranched alkanes of at least 4 members (excludes halogenated alkanes) is 2. The lowest BCUT2D eigenvalue weighted by molar-refractivity contribution is -0.140. The quantitative estimate of drug-likeness (QED) is 0.0200. The predicted octanol–water partition coefficient (Wildman–Crippen LogP) is -8.34. The normalized spacial score (nSPS) is 15.8. The van der Waals surface area contributed by atoms with E-state index in [4.69, 9.17) is 28.7 Å². The molecule has 24 N–H and O–H groups in total. The molecule has 0 radical (unpaired) electrons. The zero-order chi connectivity index (χ0) is 51.6. The first-order valence-electron chi connectivity index (χ1n) is 23.2. The molecule has 0 aromatic rings. The van der Waals surface area contributed by atoms with Crippen LogP contribution in [0.15, 0.2) is 0 Å². The van der Waals surface area contributed by atoms with Crippen molar-refractivity contribution in [2.45, 2.75) is 138 Å². The van der Waals surface area contributed by atoms with E-state index in [0.29, 0.717) is 45.3 Å². The Hall–Kier alpha value is -4.23. The van der Waals surface area contributed by atoms with Gasteiger partial charge in [0.15, 0.2) is 11.9 Å². The van der Waals surface area contributed by atoms with Crippen molar-refractivity contribution in [2.24, 2.45) is 28.7 Å². The lowest BCUT2D eigenvalue weighted by Gasteiger charge is -2.28. The molecule has 27 heteroatoms. The molecule has 0 aliphatic carbocycles. The summed E-state index contributed by atoms with van der Waals surface area (Å²) >= 11 is 0. The zero-order valence-corrected chi connectivity index (χ0v) is 39.7. The Morgan fingerprint density at radius 3 is 1.87 bits per heavy atom. The minimum Gasteiger partial charge on any atom is -0.394 e. The number of hydrogen-bond acceptors (Lipinski definition) is 20. The van der Waals surface area contributed by atoms with Gasteiger partial charge in [0.2, 0.25) is 23.6 Å². The van der Waals surface area contributed by atoms with Gasteiger partial charge < -0.3 is 107 Å². The van der Waals surface area contributed by atoms with Crippen LogP contribution in [0, 0.1) is 0 Å². The molecule has 0 rings (SSSR count). The highest BCUT2D eigenvalue weighted by Crippen LogP contribution is 2.12. The fraction of sp³-hybridized carbons (Fsp3) is 0.829. The van der Waals surface area contributed by atoms with Crippen molar-refractivity contribution in [1.82, 2.24) is 47.4 Å². The summed E-state index contributed by atoms with van der Waals surface area (Å²) in [5.74, 6) is -5.09. The number of aliphatic hydroxyl groups is 6. The predicted molar refractivity (Wildman–Crippen MR) is 250 cm³/mol. The maximum Gasteiger partial charge on any atom is 0.315 e. The molecule has 0 aliphatic rings. The molecule has 0 bridgehead atoms. The molecule has 396 valence electrons. The molecule has 0 heterocycles. The van der Waals surface area contributed by atoms with Crippen molar-refractivity contribution >= 4 is 41.4 Å². The van der Waals surface area contributed by atoms with E-state index >= 15 is 0 Å². The van der Waals surface area contributed by atoms with Crippen molar-refractivity contribution in [3.63, 3.8) is 0 Å². The molecule has 0 aromatic carbocycles. The lowest BCUT2D eigenvalue weighted by atomic mass is 9.97. The third-order valence-corrected chi connectivity index (χ3v) is 10.6. The van der Waals surface area contributed by atoms with Gasteiger partial charge in [0, 0.05) is 38.4 Å². The van der Waals surface area contributed by atoms with E-state index in [2.05, 4.69) is 42.5 Å².